The second-order valence-corrected chi connectivity index (χ2v) is 11.4. The Bertz CT molecular complexity index is 988. The number of nitrogens with one attached hydrogen (secondary N) is 2. The minimum absolute atomic E-state index is 0.413. The molecule has 3 fully saturated rings. The normalized spacial score (nSPS) is 25.2. The van der Waals surface area contributed by atoms with Gasteiger partial charge >= 0.3 is 0 Å². The molecule has 6 nitrogen and oxygen atoms in total. The van der Waals surface area contributed by atoms with E-state index in [1.807, 2.05) is 0 Å². The van der Waals surface area contributed by atoms with Crippen molar-refractivity contribution in [2.24, 2.45) is 11.8 Å². The molecule has 0 amide bonds. The number of rotatable bonds is 9. The van der Waals surface area contributed by atoms with Crippen LogP contribution in [0.3, 0.4) is 0 Å². The lowest BCUT2D eigenvalue weighted by Crippen LogP contribution is -2.38. The van der Waals surface area contributed by atoms with Crippen molar-refractivity contribution in [3.63, 3.8) is 0 Å². The molecule has 2 aromatic rings. The first kappa shape index (κ1) is 26.2. The summed E-state index contributed by atoms with van der Waals surface area (Å²) in [7, 11) is 0. The Balaban J connectivity index is 1.18. The highest BCUT2D eigenvalue weighted by molar-refractivity contribution is 6.35. The fraction of sp³-hybridized carbons (Fsp3) is 0.643. The molecular weight excluding hydrogens is 495 g/mol. The van der Waals surface area contributed by atoms with E-state index in [-0.39, 0.29) is 0 Å². The topological polar surface area (TPSA) is 68.3 Å². The van der Waals surface area contributed by atoms with Crippen LogP contribution in [0, 0.1) is 11.8 Å². The molecule has 196 valence electrons. The van der Waals surface area contributed by atoms with Crippen LogP contribution in [0.5, 0.6) is 0 Å². The molecule has 2 aromatic heterocycles. The maximum absolute atomic E-state index is 6.60. The minimum Gasteiger partial charge on any atom is -0.384 e. The third-order valence-electron chi connectivity index (χ3n) is 7.98. The number of pyridine rings is 2. The van der Waals surface area contributed by atoms with Crippen molar-refractivity contribution in [1.29, 1.82) is 0 Å². The van der Waals surface area contributed by atoms with E-state index in [9.17, 15) is 0 Å². The Hall–Kier alpha value is -1.44. The third kappa shape index (κ3) is 7.11. The molecule has 8 heteroatoms. The zero-order valence-corrected chi connectivity index (χ0v) is 22.5. The molecule has 0 bridgehead atoms. The first-order valence-corrected chi connectivity index (χ1v) is 14.4. The second kappa shape index (κ2) is 12.9. The smallest absolute Gasteiger partial charge is 0.137 e. The van der Waals surface area contributed by atoms with E-state index >= 15 is 0 Å². The predicted octanol–water partition coefficient (Wildman–Crippen LogP) is 6.16. The van der Waals surface area contributed by atoms with Gasteiger partial charge in [0.05, 0.1) is 23.0 Å². The van der Waals surface area contributed by atoms with Gasteiger partial charge in [0.1, 0.15) is 5.15 Å². The largest absolute Gasteiger partial charge is 0.384 e. The van der Waals surface area contributed by atoms with Gasteiger partial charge in [-0.25, -0.2) is 4.98 Å². The monoisotopic (exact) mass is 532 g/mol. The van der Waals surface area contributed by atoms with Crippen LogP contribution in [0.2, 0.25) is 10.2 Å². The lowest BCUT2D eigenvalue weighted by molar-refractivity contribution is 0.0699. The van der Waals surface area contributed by atoms with Crippen LogP contribution < -0.4 is 10.6 Å². The SMILES string of the molecule is Clc1cnc(CC2CCC(NC[C@@H]3CCCO3)CC2)cc1-c1cc(NCC2CCOCC2)cnc1Cl. The molecule has 0 radical (unpaired) electrons. The Morgan fingerprint density at radius 1 is 0.833 bits per heavy atom. The zero-order chi connectivity index (χ0) is 24.7. The number of ether oxygens (including phenoxy) is 2. The van der Waals surface area contributed by atoms with Gasteiger partial charge in [-0.1, -0.05) is 23.2 Å². The van der Waals surface area contributed by atoms with E-state index in [4.69, 9.17) is 32.7 Å². The maximum Gasteiger partial charge on any atom is 0.137 e. The van der Waals surface area contributed by atoms with Gasteiger partial charge < -0.3 is 20.1 Å². The highest BCUT2D eigenvalue weighted by Crippen LogP contribution is 2.35. The van der Waals surface area contributed by atoms with Crippen LogP contribution in [0.1, 0.15) is 57.1 Å². The van der Waals surface area contributed by atoms with Crippen molar-refractivity contribution in [2.45, 2.75) is 69.9 Å². The molecule has 0 unspecified atom stereocenters. The number of aromatic nitrogens is 2. The van der Waals surface area contributed by atoms with Crippen molar-refractivity contribution < 1.29 is 9.47 Å². The third-order valence-corrected chi connectivity index (χ3v) is 8.58. The molecule has 3 aliphatic rings. The van der Waals surface area contributed by atoms with Gasteiger partial charge in [0, 0.05) is 62.0 Å². The number of anilines is 1. The lowest BCUT2D eigenvalue weighted by Gasteiger charge is -2.30. The Labute approximate surface area is 224 Å². The Morgan fingerprint density at radius 2 is 1.67 bits per heavy atom. The first-order chi connectivity index (χ1) is 17.6. The summed E-state index contributed by atoms with van der Waals surface area (Å²) in [4.78, 5) is 9.10. The van der Waals surface area contributed by atoms with E-state index in [2.05, 4.69) is 32.7 Å². The summed E-state index contributed by atoms with van der Waals surface area (Å²) in [6.45, 7) is 4.52. The Kier molecular flexibility index (Phi) is 9.37. The molecule has 36 heavy (non-hydrogen) atoms. The number of nitrogens with zero attached hydrogens (tertiary/aromatic N) is 2. The average molecular weight is 534 g/mol. The molecule has 1 saturated carbocycles. The molecule has 2 saturated heterocycles. The van der Waals surface area contributed by atoms with Crippen LogP contribution in [0.15, 0.2) is 24.5 Å². The van der Waals surface area contributed by atoms with Gasteiger partial charge in [0.25, 0.3) is 0 Å². The summed E-state index contributed by atoms with van der Waals surface area (Å²) < 4.78 is 11.2. The standard InChI is InChI=1S/C28H38Cl2N4O2/c29-27-18-33-22(12-19-3-5-21(6-4-19)32-17-24-2-1-9-36-24)13-25(27)26-14-23(16-34-28(26)30)31-15-20-7-10-35-11-8-20/h13-14,16,18-21,24,31-32H,1-12,15,17H2/t19?,21?,24-/m0/s1. The fourth-order valence-electron chi connectivity index (χ4n) is 5.72. The fourth-order valence-corrected chi connectivity index (χ4v) is 6.13. The lowest BCUT2D eigenvalue weighted by atomic mass is 9.83. The molecule has 5 rings (SSSR count). The highest BCUT2D eigenvalue weighted by Gasteiger charge is 2.24. The summed E-state index contributed by atoms with van der Waals surface area (Å²) in [5.74, 6) is 1.27. The quantitative estimate of drug-likeness (QED) is 0.377. The molecule has 2 N–H and O–H groups in total. The highest BCUT2D eigenvalue weighted by atomic mass is 35.5. The number of hydrogen-bond donors (Lipinski definition) is 2. The van der Waals surface area contributed by atoms with Crippen LogP contribution in [0.4, 0.5) is 5.69 Å². The van der Waals surface area contributed by atoms with E-state index in [1.54, 1.807) is 12.4 Å². The summed E-state index contributed by atoms with van der Waals surface area (Å²) >= 11 is 13.1. The van der Waals surface area contributed by atoms with Crippen LogP contribution in [0.25, 0.3) is 11.1 Å². The maximum atomic E-state index is 6.60. The van der Waals surface area contributed by atoms with E-state index in [0.717, 1.165) is 74.7 Å². The zero-order valence-electron chi connectivity index (χ0n) is 21.0. The van der Waals surface area contributed by atoms with Gasteiger partial charge in [-0.2, -0.15) is 0 Å². The van der Waals surface area contributed by atoms with E-state index < -0.39 is 0 Å². The molecule has 0 spiro atoms. The molecule has 4 heterocycles. The number of hydrogen-bond acceptors (Lipinski definition) is 6. The second-order valence-electron chi connectivity index (χ2n) is 10.6. The molecular formula is C28H38Cl2N4O2. The van der Waals surface area contributed by atoms with Gasteiger partial charge in [-0.3, -0.25) is 4.98 Å². The number of halogens is 2. The molecule has 0 aromatic carbocycles. The minimum atomic E-state index is 0.413. The van der Waals surface area contributed by atoms with Crippen molar-refractivity contribution in [2.75, 3.05) is 38.2 Å². The first-order valence-electron chi connectivity index (χ1n) is 13.6. The van der Waals surface area contributed by atoms with Crippen LogP contribution >= 0.6 is 23.2 Å². The molecule has 1 atom stereocenters. The van der Waals surface area contributed by atoms with Crippen molar-refractivity contribution in [1.82, 2.24) is 15.3 Å². The van der Waals surface area contributed by atoms with Crippen molar-refractivity contribution in [3.05, 3.63) is 40.4 Å². The van der Waals surface area contributed by atoms with Crippen molar-refractivity contribution in [3.8, 4) is 11.1 Å². The van der Waals surface area contributed by atoms with Crippen LogP contribution in [-0.4, -0.2) is 55.0 Å². The van der Waals surface area contributed by atoms with E-state index in [1.165, 1.54) is 38.5 Å². The summed E-state index contributed by atoms with van der Waals surface area (Å²) in [6.07, 6.45) is 14.4. The summed E-state index contributed by atoms with van der Waals surface area (Å²) in [5.41, 5.74) is 3.79. The van der Waals surface area contributed by atoms with Crippen LogP contribution in [-0.2, 0) is 15.9 Å². The molecule has 2 aliphatic heterocycles. The van der Waals surface area contributed by atoms with Gasteiger partial charge in [0.2, 0.25) is 0 Å². The Morgan fingerprint density at radius 3 is 2.44 bits per heavy atom. The van der Waals surface area contributed by atoms with Gasteiger partial charge in [-0.15, -0.1) is 0 Å². The average Bonchev–Trinajstić information content (AvgIpc) is 3.43. The molecule has 1 aliphatic carbocycles. The van der Waals surface area contributed by atoms with Gasteiger partial charge in [-0.05, 0) is 81.8 Å². The summed E-state index contributed by atoms with van der Waals surface area (Å²) in [6, 6.07) is 4.78. The summed E-state index contributed by atoms with van der Waals surface area (Å²) in [5, 5.41) is 8.34. The van der Waals surface area contributed by atoms with Crippen molar-refractivity contribution >= 4 is 28.9 Å². The predicted molar refractivity (Wildman–Crippen MR) is 146 cm³/mol. The van der Waals surface area contributed by atoms with Gasteiger partial charge in [0.15, 0.2) is 0 Å². The van der Waals surface area contributed by atoms with E-state index in [0.29, 0.717) is 34.2 Å².